The van der Waals surface area contributed by atoms with E-state index < -0.39 is 17.9 Å². The normalized spacial score (nSPS) is 14.9. The monoisotopic (exact) mass is 399 g/mol. The molecular formula is C20H21N3O6. The molecule has 1 N–H and O–H groups in total. The van der Waals surface area contributed by atoms with Crippen LogP contribution >= 0.6 is 0 Å². The number of hydrogen-bond donors (Lipinski definition) is 1. The second kappa shape index (κ2) is 8.09. The maximum absolute atomic E-state index is 12.7. The minimum atomic E-state index is -0.637. The fourth-order valence-corrected chi connectivity index (χ4v) is 2.80. The van der Waals surface area contributed by atoms with E-state index in [0.29, 0.717) is 11.3 Å². The van der Waals surface area contributed by atoms with E-state index in [9.17, 15) is 14.4 Å². The van der Waals surface area contributed by atoms with Gasteiger partial charge in [0.1, 0.15) is 17.2 Å². The molecule has 0 spiro atoms. The predicted molar refractivity (Wildman–Crippen MR) is 104 cm³/mol. The predicted octanol–water partition coefficient (Wildman–Crippen LogP) is 2.23. The van der Waals surface area contributed by atoms with Crippen LogP contribution in [0.3, 0.4) is 0 Å². The first-order valence-corrected chi connectivity index (χ1v) is 8.71. The number of furan rings is 1. The highest BCUT2D eigenvalue weighted by Gasteiger charge is 2.34. The summed E-state index contributed by atoms with van der Waals surface area (Å²) in [6, 6.07) is 7.87. The van der Waals surface area contributed by atoms with E-state index in [1.165, 1.54) is 26.4 Å². The van der Waals surface area contributed by atoms with Gasteiger partial charge in [-0.25, -0.2) is 9.59 Å². The van der Waals surface area contributed by atoms with Crippen LogP contribution in [-0.4, -0.2) is 51.1 Å². The number of anilines is 1. The van der Waals surface area contributed by atoms with Crippen molar-refractivity contribution in [1.29, 1.82) is 0 Å². The highest BCUT2D eigenvalue weighted by atomic mass is 16.5. The van der Waals surface area contributed by atoms with Crippen molar-refractivity contribution < 1.29 is 28.3 Å². The summed E-state index contributed by atoms with van der Waals surface area (Å²) in [7, 11) is 6.59. The van der Waals surface area contributed by atoms with Crippen LogP contribution in [0.4, 0.5) is 10.5 Å². The van der Waals surface area contributed by atoms with Gasteiger partial charge in [-0.1, -0.05) is 0 Å². The Kier molecular flexibility index (Phi) is 5.58. The number of methoxy groups -OCH3 is 2. The highest BCUT2D eigenvalue weighted by Crippen LogP contribution is 2.27. The van der Waals surface area contributed by atoms with E-state index in [-0.39, 0.29) is 23.8 Å². The Morgan fingerprint density at radius 2 is 1.97 bits per heavy atom. The molecule has 0 aliphatic carbocycles. The SMILES string of the molecule is COC(=O)c1ccc(CN2C(=O)N/C(=C\c3ccc(N(C)C)cc3OC)C2=O)o1. The number of benzene rings is 1. The standard InChI is InChI=1S/C20H21N3O6/c1-22(2)13-6-5-12(17(10-13)27-3)9-15-18(24)23(20(26)21-15)11-14-7-8-16(29-14)19(25)28-4/h5-10H,11H2,1-4H3,(H,21,26)/b15-9-. The van der Waals surface area contributed by atoms with Crippen molar-refractivity contribution >= 4 is 29.7 Å². The Morgan fingerprint density at radius 3 is 2.62 bits per heavy atom. The maximum atomic E-state index is 12.7. The molecule has 1 saturated heterocycles. The van der Waals surface area contributed by atoms with Crippen LogP contribution in [0.25, 0.3) is 6.08 Å². The van der Waals surface area contributed by atoms with Gasteiger partial charge in [-0.05, 0) is 30.3 Å². The van der Waals surface area contributed by atoms with Gasteiger partial charge in [-0.2, -0.15) is 0 Å². The third-order valence-electron chi connectivity index (χ3n) is 4.36. The van der Waals surface area contributed by atoms with Crippen molar-refractivity contribution in [3.05, 3.63) is 53.1 Å². The number of carbonyl (C=O) groups excluding carboxylic acids is 3. The van der Waals surface area contributed by atoms with Gasteiger partial charge in [0, 0.05) is 31.4 Å². The molecule has 29 heavy (non-hydrogen) atoms. The van der Waals surface area contributed by atoms with Gasteiger partial charge in [-0.3, -0.25) is 9.69 Å². The average molecular weight is 399 g/mol. The summed E-state index contributed by atoms with van der Waals surface area (Å²) in [6.07, 6.45) is 1.56. The molecule has 1 aliphatic heterocycles. The Bertz CT molecular complexity index is 992. The first-order valence-electron chi connectivity index (χ1n) is 8.71. The molecule has 9 heteroatoms. The van der Waals surface area contributed by atoms with Crippen LogP contribution < -0.4 is 15.0 Å². The summed E-state index contributed by atoms with van der Waals surface area (Å²) in [6.45, 7) is -0.115. The lowest BCUT2D eigenvalue weighted by Gasteiger charge is -2.15. The zero-order valence-corrected chi connectivity index (χ0v) is 16.5. The second-order valence-corrected chi connectivity index (χ2v) is 6.46. The third kappa shape index (κ3) is 4.08. The zero-order chi connectivity index (χ0) is 21.1. The van der Waals surface area contributed by atoms with Crippen molar-refractivity contribution in [2.45, 2.75) is 6.54 Å². The number of nitrogens with zero attached hydrogens (tertiary/aromatic N) is 2. The van der Waals surface area contributed by atoms with Gasteiger partial charge in [0.15, 0.2) is 0 Å². The van der Waals surface area contributed by atoms with Crippen LogP contribution in [0, 0.1) is 0 Å². The highest BCUT2D eigenvalue weighted by molar-refractivity contribution is 6.14. The molecule has 0 saturated carbocycles. The first-order chi connectivity index (χ1) is 13.8. The van der Waals surface area contributed by atoms with E-state index in [0.717, 1.165) is 10.6 Å². The lowest BCUT2D eigenvalue weighted by Crippen LogP contribution is -2.30. The molecule has 1 fully saturated rings. The molecule has 3 rings (SSSR count). The quantitative estimate of drug-likeness (QED) is 0.452. The molecule has 1 aromatic carbocycles. The lowest BCUT2D eigenvalue weighted by atomic mass is 10.1. The fourth-order valence-electron chi connectivity index (χ4n) is 2.80. The summed E-state index contributed by atoms with van der Waals surface area (Å²) in [4.78, 5) is 39.3. The topological polar surface area (TPSA) is 101 Å². The largest absolute Gasteiger partial charge is 0.496 e. The fraction of sp³-hybridized carbons (Fsp3) is 0.250. The molecule has 2 aromatic rings. The number of urea groups is 1. The Morgan fingerprint density at radius 1 is 1.21 bits per heavy atom. The van der Waals surface area contributed by atoms with Gasteiger partial charge in [-0.15, -0.1) is 0 Å². The smallest absolute Gasteiger partial charge is 0.373 e. The molecule has 152 valence electrons. The van der Waals surface area contributed by atoms with Crippen molar-refractivity contribution in [2.24, 2.45) is 0 Å². The van der Waals surface area contributed by atoms with Crippen LogP contribution in [0.5, 0.6) is 5.75 Å². The van der Waals surface area contributed by atoms with Crippen LogP contribution in [0.2, 0.25) is 0 Å². The number of hydrogen-bond acceptors (Lipinski definition) is 7. The summed E-state index contributed by atoms with van der Waals surface area (Å²) in [5.74, 6) is -0.302. The summed E-state index contributed by atoms with van der Waals surface area (Å²) in [5, 5.41) is 2.55. The van der Waals surface area contributed by atoms with E-state index in [1.807, 2.05) is 31.1 Å². The number of imide groups is 1. The molecule has 1 aliphatic rings. The number of ether oxygens (including phenoxy) is 2. The maximum Gasteiger partial charge on any atom is 0.373 e. The molecule has 1 aromatic heterocycles. The van der Waals surface area contributed by atoms with Gasteiger partial charge in [0.05, 0.1) is 20.8 Å². The van der Waals surface area contributed by atoms with Gasteiger partial charge in [0.2, 0.25) is 5.76 Å². The third-order valence-corrected chi connectivity index (χ3v) is 4.36. The summed E-state index contributed by atoms with van der Waals surface area (Å²) in [5.41, 5.74) is 1.70. The van der Waals surface area contributed by atoms with E-state index in [4.69, 9.17) is 9.15 Å². The van der Waals surface area contributed by atoms with Gasteiger partial charge in [0.25, 0.3) is 5.91 Å². The van der Waals surface area contributed by atoms with Gasteiger partial charge >= 0.3 is 12.0 Å². The minimum absolute atomic E-state index is 0.00367. The molecular weight excluding hydrogens is 378 g/mol. The molecule has 2 heterocycles. The number of amides is 3. The molecule has 9 nitrogen and oxygen atoms in total. The van der Waals surface area contributed by atoms with Crippen LogP contribution in [0.15, 0.2) is 40.4 Å². The number of rotatable bonds is 6. The van der Waals surface area contributed by atoms with Crippen molar-refractivity contribution in [2.75, 3.05) is 33.2 Å². The van der Waals surface area contributed by atoms with Crippen molar-refractivity contribution in [3.63, 3.8) is 0 Å². The molecule has 0 atom stereocenters. The van der Waals surface area contributed by atoms with E-state index in [2.05, 4.69) is 10.1 Å². The summed E-state index contributed by atoms with van der Waals surface area (Å²) >= 11 is 0. The Balaban J connectivity index is 1.81. The Labute approximate surface area is 167 Å². The first kappa shape index (κ1) is 20.0. The molecule has 0 unspecified atom stereocenters. The number of carbonyl (C=O) groups is 3. The van der Waals surface area contributed by atoms with Gasteiger partial charge < -0.3 is 24.1 Å². The second-order valence-electron chi connectivity index (χ2n) is 6.46. The zero-order valence-electron chi connectivity index (χ0n) is 16.5. The van der Waals surface area contributed by atoms with E-state index in [1.54, 1.807) is 12.1 Å². The number of nitrogens with one attached hydrogen (secondary N) is 1. The van der Waals surface area contributed by atoms with Crippen molar-refractivity contribution in [1.82, 2.24) is 10.2 Å². The molecule has 3 amide bonds. The lowest BCUT2D eigenvalue weighted by molar-refractivity contribution is -0.123. The average Bonchev–Trinajstić information content (AvgIpc) is 3.28. The Hall–Kier alpha value is -3.75. The molecule has 0 radical (unpaired) electrons. The minimum Gasteiger partial charge on any atom is -0.496 e. The van der Waals surface area contributed by atoms with Crippen LogP contribution in [-0.2, 0) is 16.1 Å². The van der Waals surface area contributed by atoms with E-state index >= 15 is 0 Å². The molecule has 0 bridgehead atoms. The van der Waals surface area contributed by atoms with Crippen LogP contribution in [0.1, 0.15) is 21.9 Å². The number of esters is 1. The van der Waals surface area contributed by atoms with Crippen molar-refractivity contribution in [3.8, 4) is 5.75 Å². The summed E-state index contributed by atoms with van der Waals surface area (Å²) < 4.78 is 15.3.